The SMILES string of the molecule is Nc1nc2cc(-c3nn(CCCC[NH3+])c4ncnc(N)c34)ccc2o1. The molecule has 0 aliphatic rings. The Bertz CT molecular complexity index is 1050. The van der Waals surface area contributed by atoms with E-state index < -0.39 is 0 Å². The number of hydrogen-bond acceptors (Lipinski definition) is 7. The van der Waals surface area contributed by atoms with Gasteiger partial charge < -0.3 is 21.6 Å². The lowest BCUT2D eigenvalue weighted by Gasteiger charge is -2.00. The number of benzene rings is 1. The third-order valence-electron chi connectivity index (χ3n) is 4.11. The van der Waals surface area contributed by atoms with E-state index in [1.165, 1.54) is 6.33 Å². The van der Waals surface area contributed by atoms with Crippen molar-refractivity contribution in [2.24, 2.45) is 0 Å². The first-order chi connectivity index (χ1) is 12.2. The van der Waals surface area contributed by atoms with Gasteiger partial charge in [-0.3, -0.25) is 0 Å². The number of aromatic nitrogens is 5. The molecule has 0 saturated heterocycles. The Morgan fingerprint density at radius 1 is 1.16 bits per heavy atom. The van der Waals surface area contributed by atoms with Crippen molar-refractivity contribution < 1.29 is 10.2 Å². The Hall–Kier alpha value is -3.20. The molecular formula is C16H19N8O+. The van der Waals surface area contributed by atoms with Gasteiger partial charge in [0.1, 0.15) is 23.4 Å². The highest BCUT2D eigenvalue weighted by Crippen LogP contribution is 2.32. The van der Waals surface area contributed by atoms with Crippen LogP contribution in [0.4, 0.5) is 11.8 Å². The molecule has 0 saturated carbocycles. The fourth-order valence-electron chi connectivity index (χ4n) is 2.92. The molecular weight excluding hydrogens is 320 g/mol. The summed E-state index contributed by atoms with van der Waals surface area (Å²) in [4.78, 5) is 12.7. The molecule has 25 heavy (non-hydrogen) atoms. The fraction of sp³-hybridized carbons (Fsp3) is 0.250. The van der Waals surface area contributed by atoms with Crippen molar-refractivity contribution in [3.63, 3.8) is 0 Å². The molecule has 4 rings (SSSR count). The van der Waals surface area contributed by atoms with Crippen LogP contribution in [0.5, 0.6) is 0 Å². The number of oxazole rings is 1. The van der Waals surface area contributed by atoms with Crippen LogP contribution in [-0.4, -0.2) is 31.3 Å². The van der Waals surface area contributed by atoms with Crippen LogP contribution in [0.1, 0.15) is 12.8 Å². The Balaban J connectivity index is 1.87. The summed E-state index contributed by atoms with van der Waals surface area (Å²) in [7, 11) is 0. The third kappa shape index (κ3) is 2.64. The van der Waals surface area contributed by atoms with Gasteiger partial charge in [-0.05, 0) is 31.0 Å². The summed E-state index contributed by atoms with van der Waals surface area (Å²) in [5.74, 6) is 0.406. The number of quaternary nitrogens is 1. The summed E-state index contributed by atoms with van der Waals surface area (Å²) >= 11 is 0. The van der Waals surface area contributed by atoms with Gasteiger partial charge in [-0.25, -0.2) is 14.6 Å². The molecule has 1 aromatic carbocycles. The highest BCUT2D eigenvalue weighted by molar-refractivity contribution is 5.99. The van der Waals surface area contributed by atoms with Crippen LogP contribution < -0.4 is 17.2 Å². The summed E-state index contributed by atoms with van der Waals surface area (Å²) in [5, 5.41) is 5.47. The van der Waals surface area contributed by atoms with Gasteiger partial charge >= 0.3 is 0 Å². The van der Waals surface area contributed by atoms with Crippen LogP contribution >= 0.6 is 0 Å². The highest BCUT2D eigenvalue weighted by atomic mass is 16.4. The highest BCUT2D eigenvalue weighted by Gasteiger charge is 2.17. The van der Waals surface area contributed by atoms with Crippen molar-refractivity contribution in [3.8, 4) is 11.3 Å². The molecule has 0 radical (unpaired) electrons. The average Bonchev–Trinajstić information content (AvgIpc) is 3.15. The molecule has 9 heteroatoms. The van der Waals surface area contributed by atoms with Crippen molar-refractivity contribution in [2.45, 2.75) is 19.4 Å². The van der Waals surface area contributed by atoms with Gasteiger partial charge in [0, 0.05) is 12.1 Å². The fourth-order valence-corrected chi connectivity index (χ4v) is 2.92. The van der Waals surface area contributed by atoms with Gasteiger partial charge in [-0.2, -0.15) is 10.1 Å². The maximum Gasteiger partial charge on any atom is 0.292 e. The Labute approximate surface area is 142 Å². The smallest absolute Gasteiger partial charge is 0.292 e. The van der Waals surface area contributed by atoms with Gasteiger partial charge in [-0.15, -0.1) is 0 Å². The minimum atomic E-state index is 0.138. The maximum atomic E-state index is 6.11. The molecule has 0 aliphatic heterocycles. The minimum absolute atomic E-state index is 0.138. The van der Waals surface area contributed by atoms with Crippen molar-refractivity contribution in [1.29, 1.82) is 0 Å². The van der Waals surface area contributed by atoms with Crippen LogP contribution in [0.3, 0.4) is 0 Å². The second-order valence-electron chi connectivity index (χ2n) is 5.82. The molecule has 9 nitrogen and oxygen atoms in total. The van der Waals surface area contributed by atoms with E-state index in [0.717, 1.165) is 48.2 Å². The maximum absolute atomic E-state index is 6.11. The van der Waals surface area contributed by atoms with E-state index in [2.05, 4.69) is 20.7 Å². The largest absolute Gasteiger partial charge is 0.424 e. The standard InChI is InChI=1S/C16H18N8O/c17-5-1-2-6-24-15-12(14(18)20-8-21-15)13(23-24)9-3-4-11-10(7-9)22-16(19)25-11/h3-4,7-8H,1-2,5-6,17H2,(H2,19,22)(H2,18,20,21)/p+1. The minimum Gasteiger partial charge on any atom is -0.424 e. The predicted octanol–water partition coefficient (Wildman–Crippen LogP) is 0.821. The molecule has 0 spiro atoms. The first kappa shape index (κ1) is 15.3. The number of hydrogen-bond donors (Lipinski definition) is 3. The summed E-state index contributed by atoms with van der Waals surface area (Å²) in [6.07, 6.45) is 3.46. The zero-order chi connectivity index (χ0) is 17.4. The molecule has 128 valence electrons. The number of rotatable bonds is 5. The topological polar surface area (TPSA) is 149 Å². The molecule has 3 heterocycles. The van der Waals surface area contributed by atoms with Crippen LogP contribution in [0.15, 0.2) is 28.9 Å². The molecule has 0 atom stereocenters. The number of fused-ring (bicyclic) bond motifs is 2. The number of nitrogens with two attached hydrogens (primary N) is 2. The normalized spacial score (nSPS) is 11.6. The lowest BCUT2D eigenvalue weighted by molar-refractivity contribution is -0.368. The van der Waals surface area contributed by atoms with Crippen molar-refractivity contribution >= 4 is 34.0 Å². The second-order valence-corrected chi connectivity index (χ2v) is 5.82. The summed E-state index contributed by atoms with van der Waals surface area (Å²) < 4.78 is 7.20. The first-order valence-electron chi connectivity index (χ1n) is 8.10. The van der Waals surface area contributed by atoms with Gasteiger partial charge in [-0.1, -0.05) is 0 Å². The summed E-state index contributed by atoms with van der Waals surface area (Å²) in [5.41, 5.74) is 19.2. The van der Waals surface area contributed by atoms with Crippen LogP contribution in [0.2, 0.25) is 0 Å². The van der Waals surface area contributed by atoms with Crippen molar-refractivity contribution in [1.82, 2.24) is 24.7 Å². The number of aryl methyl sites for hydroxylation is 1. The molecule has 7 N–H and O–H groups in total. The van der Waals surface area contributed by atoms with E-state index in [4.69, 9.17) is 21.0 Å². The average molecular weight is 339 g/mol. The first-order valence-corrected chi connectivity index (χ1v) is 8.10. The number of nitrogen functional groups attached to an aromatic ring is 2. The van der Waals surface area contributed by atoms with Gasteiger partial charge in [0.25, 0.3) is 6.01 Å². The van der Waals surface area contributed by atoms with E-state index in [0.29, 0.717) is 16.9 Å². The predicted molar refractivity (Wildman–Crippen MR) is 94.1 cm³/mol. The second kappa shape index (κ2) is 6.02. The third-order valence-corrected chi connectivity index (χ3v) is 4.11. The summed E-state index contributed by atoms with van der Waals surface area (Å²) in [6.45, 7) is 1.65. The molecule has 3 aromatic heterocycles. The van der Waals surface area contributed by atoms with E-state index in [1.807, 2.05) is 22.9 Å². The number of nitrogens with zero attached hydrogens (tertiary/aromatic N) is 5. The lowest BCUT2D eigenvalue weighted by Crippen LogP contribution is -2.50. The number of unbranched alkanes of at least 4 members (excludes halogenated alkanes) is 1. The van der Waals surface area contributed by atoms with E-state index in [9.17, 15) is 0 Å². The van der Waals surface area contributed by atoms with Crippen LogP contribution in [0, 0.1) is 0 Å². The zero-order valence-electron chi connectivity index (χ0n) is 13.6. The quantitative estimate of drug-likeness (QED) is 0.455. The zero-order valence-corrected chi connectivity index (χ0v) is 13.6. The van der Waals surface area contributed by atoms with E-state index in [1.54, 1.807) is 0 Å². The molecule has 0 bridgehead atoms. The molecule has 4 aromatic rings. The van der Waals surface area contributed by atoms with E-state index >= 15 is 0 Å². The van der Waals surface area contributed by atoms with Gasteiger partial charge in [0.05, 0.1) is 11.9 Å². The van der Waals surface area contributed by atoms with Crippen molar-refractivity contribution in [2.75, 3.05) is 18.0 Å². The van der Waals surface area contributed by atoms with Gasteiger partial charge in [0.15, 0.2) is 11.2 Å². The van der Waals surface area contributed by atoms with Crippen LogP contribution in [0.25, 0.3) is 33.4 Å². The monoisotopic (exact) mass is 339 g/mol. The van der Waals surface area contributed by atoms with Crippen molar-refractivity contribution in [3.05, 3.63) is 24.5 Å². The number of anilines is 2. The Morgan fingerprint density at radius 3 is 2.88 bits per heavy atom. The Kier molecular flexibility index (Phi) is 3.69. The van der Waals surface area contributed by atoms with Gasteiger partial charge in [0.2, 0.25) is 0 Å². The van der Waals surface area contributed by atoms with E-state index in [-0.39, 0.29) is 6.01 Å². The molecule has 0 aliphatic carbocycles. The molecule has 0 amide bonds. The summed E-state index contributed by atoms with van der Waals surface area (Å²) in [6, 6.07) is 5.74. The van der Waals surface area contributed by atoms with Crippen LogP contribution in [-0.2, 0) is 6.54 Å². The molecule has 0 fully saturated rings. The lowest BCUT2D eigenvalue weighted by atomic mass is 10.1. The molecule has 0 unspecified atom stereocenters. The Morgan fingerprint density at radius 2 is 2.04 bits per heavy atom.